The van der Waals surface area contributed by atoms with Crippen molar-refractivity contribution in [2.75, 3.05) is 11.9 Å². The maximum absolute atomic E-state index is 12.4. The fraction of sp³-hybridized carbons (Fsp3) is 0.409. The Balaban J connectivity index is 2.00. The summed E-state index contributed by atoms with van der Waals surface area (Å²) in [6.07, 6.45) is 1.01. The molecule has 0 radical (unpaired) electrons. The summed E-state index contributed by atoms with van der Waals surface area (Å²) in [5.41, 5.74) is 2.69. The molecule has 2 aromatic carbocycles. The maximum Gasteiger partial charge on any atom is 0.255 e. The average molecular weight is 339 g/mol. The number of anilines is 1. The Morgan fingerprint density at radius 3 is 2.36 bits per heavy atom. The average Bonchev–Trinajstić information content (AvgIpc) is 2.54. The van der Waals surface area contributed by atoms with Gasteiger partial charge in [-0.1, -0.05) is 52.8 Å². The molecule has 1 N–H and O–H groups in total. The fourth-order valence-electron chi connectivity index (χ4n) is 2.40. The highest BCUT2D eigenvalue weighted by Gasteiger charge is 2.14. The minimum Gasteiger partial charge on any atom is -0.494 e. The molecule has 25 heavy (non-hydrogen) atoms. The number of amides is 1. The summed E-state index contributed by atoms with van der Waals surface area (Å²) in [5, 5.41) is 2.94. The predicted octanol–water partition coefficient (Wildman–Crippen LogP) is 5.66. The summed E-state index contributed by atoms with van der Waals surface area (Å²) in [5.74, 6) is 1.28. The van der Waals surface area contributed by atoms with E-state index in [0.29, 0.717) is 18.1 Å². The first-order chi connectivity index (χ1) is 11.8. The zero-order valence-electron chi connectivity index (χ0n) is 15.9. The van der Waals surface area contributed by atoms with Crippen LogP contribution < -0.4 is 10.1 Å². The van der Waals surface area contributed by atoms with Gasteiger partial charge >= 0.3 is 0 Å². The van der Waals surface area contributed by atoms with E-state index in [4.69, 9.17) is 4.74 Å². The largest absolute Gasteiger partial charge is 0.494 e. The van der Waals surface area contributed by atoms with Gasteiger partial charge in [0.2, 0.25) is 0 Å². The van der Waals surface area contributed by atoms with Crippen LogP contribution in [0.2, 0.25) is 0 Å². The number of hydrogen-bond donors (Lipinski definition) is 1. The lowest BCUT2D eigenvalue weighted by atomic mass is 9.87. The van der Waals surface area contributed by atoms with E-state index in [1.807, 2.05) is 48.5 Å². The van der Waals surface area contributed by atoms with Crippen molar-refractivity contribution in [3.63, 3.8) is 0 Å². The normalized spacial score (nSPS) is 11.4. The lowest BCUT2D eigenvalue weighted by Gasteiger charge is -2.19. The Morgan fingerprint density at radius 2 is 1.76 bits per heavy atom. The summed E-state index contributed by atoms with van der Waals surface area (Å²) < 4.78 is 5.75. The zero-order chi connectivity index (χ0) is 18.4. The Labute approximate surface area is 151 Å². The first-order valence-electron chi connectivity index (χ1n) is 8.90. The molecule has 0 heterocycles. The highest BCUT2D eigenvalue weighted by molar-refractivity contribution is 6.04. The number of carbonyl (C=O) groups excluding carboxylic acids is 1. The molecule has 134 valence electrons. The van der Waals surface area contributed by atoms with E-state index in [1.54, 1.807) is 0 Å². The Morgan fingerprint density at radius 1 is 1.08 bits per heavy atom. The monoisotopic (exact) mass is 339 g/mol. The SMILES string of the molecule is CC(C)CCOc1cccc(NC(=O)c2ccc(C(C)(C)C)cc2)c1. The van der Waals surface area contributed by atoms with E-state index in [0.717, 1.165) is 17.9 Å². The molecule has 0 saturated carbocycles. The third-order valence-electron chi connectivity index (χ3n) is 4.07. The molecule has 0 fully saturated rings. The summed E-state index contributed by atoms with van der Waals surface area (Å²) >= 11 is 0. The third-order valence-corrected chi connectivity index (χ3v) is 4.07. The van der Waals surface area contributed by atoms with Crippen LogP contribution in [0.3, 0.4) is 0 Å². The van der Waals surface area contributed by atoms with Gasteiger partial charge in [0.15, 0.2) is 0 Å². The van der Waals surface area contributed by atoms with Gasteiger partial charge in [-0.05, 0) is 47.6 Å². The molecule has 0 aliphatic heterocycles. The number of ether oxygens (including phenoxy) is 1. The van der Waals surface area contributed by atoms with E-state index in [-0.39, 0.29) is 11.3 Å². The smallest absolute Gasteiger partial charge is 0.255 e. The van der Waals surface area contributed by atoms with Crippen LogP contribution in [0.5, 0.6) is 5.75 Å². The molecule has 0 aromatic heterocycles. The van der Waals surface area contributed by atoms with Gasteiger partial charge in [0.05, 0.1) is 6.61 Å². The van der Waals surface area contributed by atoms with Crippen LogP contribution in [-0.4, -0.2) is 12.5 Å². The number of hydrogen-bond acceptors (Lipinski definition) is 2. The first kappa shape index (κ1) is 19.0. The van der Waals surface area contributed by atoms with Crippen molar-refractivity contribution < 1.29 is 9.53 Å². The van der Waals surface area contributed by atoms with Gasteiger partial charge in [0, 0.05) is 17.3 Å². The molecule has 3 nitrogen and oxygen atoms in total. The van der Waals surface area contributed by atoms with E-state index in [2.05, 4.69) is 39.9 Å². The molecular formula is C22H29NO2. The highest BCUT2D eigenvalue weighted by Crippen LogP contribution is 2.23. The Bertz CT molecular complexity index is 697. The van der Waals surface area contributed by atoms with Crippen LogP contribution >= 0.6 is 0 Å². The second-order valence-corrected chi connectivity index (χ2v) is 7.84. The van der Waals surface area contributed by atoms with E-state index in [1.165, 1.54) is 5.56 Å². The van der Waals surface area contributed by atoms with Crippen molar-refractivity contribution in [1.29, 1.82) is 0 Å². The van der Waals surface area contributed by atoms with Crippen LogP contribution in [0.25, 0.3) is 0 Å². The number of carbonyl (C=O) groups is 1. The Hall–Kier alpha value is -2.29. The van der Waals surface area contributed by atoms with E-state index in [9.17, 15) is 4.79 Å². The van der Waals surface area contributed by atoms with Crippen LogP contribution in [0.15, 0.2) is 48.5 Å². The molecule has 0 bridgehead atoms. The molecule has 2 aromatic rings. The Kier molecular flexibility index (Phi) is 6.24. The molecule has 0 aliphatic rings. The van der Waals surface area contributed by atoms with E-state index < -0.39 is 0 Å². The van der Waals surface area contributed by atoms with Gasteiger partial charge in [-0.3, -0.25) is 4.79 Å². The van der Waals surface area contributed by atoms with Gasteiger partial charge in [-0.25, -0.2) is 0 Å². The quantitative estimate of drug-likeness (QED) is 0.737. The first-order valence-corrected chi connectivity index (χ1v) is 8.90. The van der Waals surface area contributed by atoms with Crippen LogP contribution in [0.1, 0.15) is 57.0 Å². The van der Waals surface area contributed by atoms with Gasteiger partial charge in [0.1, 0.15) is 5.75 Å². The third kappa shape index (κ3) is 5.93. The second-order valence-electron chi connectivity index (χ2n) is 7.84. The molecule has 0 atom stereocenters. The summed E-state index contributed by atoms with van der Waals surface area (Å²) in [6.45, 7) is 11.5. The topological polar surface area (TPSA) is 38.3 Å². The van der Waals surface area contributed by atoms with Gasteiger partial charge in [-0.15, -0.1) is 0 Å². The molecule has 0 unspecified atom stereocenters. The molecule has 0 aliphatic carbocycles. The number of nitrogens with one attached hydrogen (secondary N) is 1. The molecular weight excluding hydrogens is 310 g/mol. The predicted molar refractivity (Wildman–Crippen MR) is 104 cm³/mol. The standard InChI is InChI=1S/C22H29NO2/c1-16(2)13-14-25-20-8-6-7-19(15-20)23-21(24)17-9-11-18(12-10-17)22(3,4)5/h6-12,15-16H,13-14H2,1-5H3,(H,23,24). The van der Waals surface area contributed by atoms with Crippen LogP contribution in [0.4, 0.5) is 5.69 Å². The maximum atomic E-state index is 12.4. The number of rotatable bonds is 6. The zero-order valence-corrected chi connectivity index (χ0v) is 15.9. The summed E-state index contributed by atoms with van der Waals surface area (Å²) in [4.78, 5) is 12.4. The molecule has 3 heteroatoms. The summed E-state index contributed by atoms with van der Waals surface area (Å²) in [7, 11) is 0. The van der Waals surface area contributed by atoms with Gasteiger partial charge in [0.25, 0.3) is 5.91 Å². The molecule has 0 spiro atoms. The van der Waals surface area contributed by atoms with E-state index >= 15 is 0 Å². The molecule has 0 saturated heterocycles. The van der Waals surface area contributed by atoms with Crippen molar-refractivity contribution in [3.8, 4) is 5.75 Å². The highest BCUT2D eigenvalue weighted by atomic mass is 16.5. The van der Waals surface area contributed by atoms with Crippen LogP contribution in [-0.2, 0) is 5.41 Å². The van der Waals surface area contributed by atoms with Crippen molar-refractivity contribution in [1.82, 2.24) is 0 Å². The van der Waals surface area contributed by atoms with Gasteiger partial charge in [-0.2, -0.15) is 0 Å². The van der Waals surface area contributed by atoms with Crippen LogP contribution in [0, 0.1) is 5.92 Å². The second kappa shape index (κ2) is 8.19. The lowest BCUT2D eigenvalue weighted by Crippen LogP contribution is -2.14. The lowest BCUT2D eigenvalue weighted by molar-refractivity contribution is 0.102. The van der Waals surface area contributed by atoms with Crippen molar-refractivity contribution in [3.05, 3.63) is 59.7 Å². The minimum absolute atomic E-state index is 0.0800. The molecule has 2 rings (SSSR count). The fourth-order valence-corrected chi connectivity index (χ4v) is 2.40. The van der Waals surface area contributed by atoms with Gasteiger partial charge < -0.3 is 10.1 Å². The van der Waals surface area contributed by atoms with Crippen molar-refractivity contribution in [2.24, 2.45) is 5.92 Å². The van der Waals surface area contributed by atoms with Crippen molar-refractivity contribution >= 4 is 11.6 Å². The number of benzene rings is 2. The minimum atomic E-state index is -0.111. The molecule has 1 amide bonds. The van der Waals surface area contributed by atoms with Crippen molar-refractivity contribution in [2.45, 2.75) is 46.5 Å². The summed E-state index contributed by atoms with van der Waals surface area (Å²) in [6, 6.07) is 15.3.